The van der Waals surface area contributed by atoms with Crippen LogP contribution in [0.15, 0.2) is 60.5 Å². The van der Waals surface area contributed by atoms with Gasteiger partial charge in [0.1, 0.15) is 12.4 Å². The molecule has 1 saturated carbocycles. The molecule has 1 aromatic carbocycles. The summed E-state index contributed by atoms with van der Waals surface area (Å²) >= 11 is 1.47. The molecule has 1 unspecified atom stereocenters. The Morgan fingerprint density at radius 3 is 2.53 bits per heavy atom. The predicted octanol–water partition coefficient (Wildman–Crippen LogP) is 4.13. The molecule has 2 heterocycles. The molecular formula is C23H24N4O2S. The van der Waals surface area contributed by atoms with E-state index < -0.39 is 6.04 Å². The Morgan fingerprint density at radius 1 is 1.00 bits per heavy atom. The summed E-state index contributed by atoms with van der Waals surface area (Å²) in [7, 11) is 0. The second-order valence-corrected chi connectivity index (χ2v) is 8.45. The first-order chi connectivity index (χ1) is 14.7. The van der Waals surface area contributed by atoms with Gasteiger partial charge in [-0.1, -0.05) is 37.5 Å². The molecule has 30 heavy (non-hydrogen) atoms. The largest absolute Gasteiger partial charge is 0.351 e. The molecule has 2 N–H and O–H groups in total. The van der Waals surface area contributed by atoms with Crippen LogP contribution in [-0.4, -0.2) is 27.8 Å². The van der Waals surface area contributed by atoms with E-state index >= 15 is 0 Å². The maximum atomic E-state index is 13.0. The Morgan fingerprint density at radius 2 is 1.80 bits per heavy atom. The van der Waals surface area contributed by atoms with Gasteiger partial charge in [0.2, 0.25) is 5.91 Å². The predicted molar refractivity (Wildman–Crippen MR) is 117 cm³/mol. The third-order valence-electron chi connectivity index (χ3n) is 5.34. The number of carbonyl (C=O) groups excluding carboxylic acids is 2. The fourth-order valence-electron chi connectivity index (χ4n) is 3.76. The van der Waals surface area contributed by atoms with Crippen molar-refractivity contribution in [2.24, 2.45) is 0 Å². The van der Waals surface area contributed by atoms with Crippen LogP contribution in [0.1, 0.15) is 53.4 Å². The zero-order chi connectivity index (χ0) is 20.8. The molecule has 7 heteroatoms. The summed E-state index contributed by atoms with van der Waals surface area (Å²) in [5, 5.41) is 7.98. The second kappa shape index (κ2) is 9.63. The Balaban J connectivity index is 1.51. The number of benzene rings is 1. The summed E-state index contributed by atoms with van der Waals surface area (Å²) in [5.41, 5.74) is 2.17. The van der Waals surface area contributed by atoms with Gasteiger partial charge in [0.25, 0.3) is 5.91 Å². The van der Waals surface area contributed by atoms with Gasteiger partial charge in [-0.2, -0.15) is 0 Å². The zero-order valence-electron chi connectivity index (χ0n) is 16.6. The number of amides is 2. The molecule has 0 bridgehead atoms. The first kappa shape index (κ1) is 20.2. The number of nitrogens with one attached hydrogen (secondary N) is 2. The molecule has 0 aliphatic heterocycles. The summed E-state index contributed by atoms with van der Waals surface area (Å²) in [6.45, 7) is 0. The van der Waals surface area contributed by atoms with E-state index in [0.717, 1.165) is 41.7 Å². The van der Waals surface area contributed by atoms with Gasteiger partial charge in [-0.15, -0.1) is 11.3 Å². The topological polar surface area (TPSA) is 84.0 Å². The van der Waals surface area contributed by atoms with Crippen molar-refractivity contribution >= 4 is 23.2 Å². The number of rotatable bonds is 6. The number of carbonyl (C=O) groups is 2. The Bertz CT molecular complexity index is 985. The molecule has 2 amide bonds. The highest BCUT2D eigenvalue weighted by Gasteiger charge is 2.27. The van der Waals surface area contributed by atoms with E-state index in [2.05, 4.69) is 20.6 Å². The van der Waals surface area contributed by atoms with Crippen molar-refractivity contribution in [1.29, 1.82) is 0 Å². The number of hydrogen-bond donors (Lipinski definition) is 2. The molecular weight excluding hydrogens is 396 g/mol. The molecule has 0 saturated heterocycles. The number of hydrogen-bond acceptors (Lipinski definition) is 5. The summed E-state index contributed by atoms with van der Waals surface area (Å²) in [6.07, 6.45) is 10.4. The van der Waals surface area contributed by atoms with E-state index in [0.29, 0.717) is 5.56 Å². The van der Waals surface area contributed by atoms with Crippen LogP contribution in [0, 0.1) is 0 Å². The van der Waals surface area contributed by atoms with Gasteiger partial charge in [-0.3, -0.25) is 9.59 Å². The minimum Gasteiger partial charge on any atom is -0.351 e. The van der Waals surface area contributed by atoms with Crippen molar-refractivity contribution in [2.75, 3.05) is 0 Å². The van der Waals surface area contributed by atoms with E-state index in [1.165, 1.54) is 24.1 Å². The van der Waals surface area contributed by atoms with Gasteiger partial charge in [0.05, 0.1) is 0 Å². The van der Waals surface area contributed by atoms with Crippen molar-refractivity contribution in [3.8, 4) is 11.1 Å². The third kappa shape index (κ3) is 4.91. The van der Waals surface area contributed by atoms with E-state index in [1.807, 2.05) is 29.6 Å². The maximum Gasteiger partial charge on any atom is 0.252 e. The summed E-state index contributed by atoms with van der Waals surface area (Å²) in [4.78, 5) is 34.9. The van der Waals surface area contributed by atoms with Gasteiger partial charge in [0, 0.05) is 34.4 Å². The lowest BCUT2D eigenvalue weighted by Crippen LogP contribution is -2.44. The standard InChI is InChI=1S/C23H24N4O2S/c28-22(17-7-4-6-16(12-17)18-13-24-15-25-14-18)27-21(20-10-5-11-30-20)23(29)26-19-8-2-1-3-9-19/h4-7,10-15,19,21H,1-3,8-9H2,(H,26,29)(H,27,28). The average Bonchev–Trinajstić information content (AvgIpc) is 3.33. The smallest absolute Gasteiger partial charge is 0.252 e. The first-order valence-electron chi connectivity index (χ1n) is 10.2. The minimum absolute atomic E-state index is 0.148. The normalized spacial score (nSPS) is 15.3. The minimum atomic E-state index is -0.705. The number of aromatic nitrogens is 2. The summed E-state index contributed by atoms with van der Waals surface area (Å²) < 4.78 is 0. The van der Waals surface area contributed by atoms with Gasteiger partial charge >= 0.3 is 0 Å². The SMILES string of the molecule is O=C(NC(C(=O)NC1CCCCC1)c1cccs1)c1cccc(-c2cncnc2)c1. The van der Waals surface area contributed by atoms with Crippen molar-refractivity contribution in [2.45, 2.75) is 44.2 Å². The third-order valence-corrected chi connectivity index (χ3v) is 6.27. The van der Waals surface area contributed by atoms with Crippen molar-refractivity contribution in [3.63, 3.8) is 0 Å². The van der Waals surface area contributed by atoms with Crippen molar-refractivity contribution in [1.82, 2.24) is 20.6 Å². The summed E-state index contributed by atoms with van der Waals surface area (Å²) in [5.74, 6) is -0.434. The summed E-state index contributed by atoms with van der Waals surface area (Å²) in [6, 6.07) is 10.5. The first-order valence-corrected chi connectivity index (χ1v) is 11.1. The fraction of sp³-hybridized carbons (Fsp3) is 0.304. The van der Waals surface area contributed by atoms with E-state index in [1.54, 1.807) is 24.5 Å². The molecule has 0 spiro atoms. The molecule has 1 aliphatic rings. The van der Waals surface area contributed by atoms with Gasteiger partial charge in [-0.05, 0) is 42.0 Å². The molecule has 0 radical (unpaired) electrons. The highest BCUT2D eigenvalue weighted by Crippen LogP contribution is 2.23. The maximum absolute atomic E-state index is 13.0. The lowest BCUT2D eigenvalue weighted by molar-refractivity contribution is -0.124. The molecule has 1 atom stereocenters. The van der Waals surface area contributed by atoms with Crippen LogP contribution >= 0.6 is 11.3 Å². The van der Waals surface area contributed by atoms with Crippen LogP contribution in [0.3, 0.4) is 0 Å². The Kier molecular flexibility index (Phi) is 6.49. The lowest BCUT2D eigenvalue weighted by atomic mass is 9.95. The van der Waals surface area contributed by atoms with Crippen LogP contribution in [0.25, 0.3) is 11.1 Å². The van der Waals surface area contributed by atoms with E-state index in [-0.39, 0.29) is 17.9 Å². The van der Waals surface area contributed by atoms with Crippen molar-refractivity contribution < 1.29 is 9.59 Å². The van der Waals surface area contributed by atoms with E-state index in [4.69, 9.17) is 0 Å². The number of thiophene rings is 1. The molecule has 6 nitrogen and oxygen atoms in total. The van der Waals surface area contributed by atoms with Gasteiger partial charge in [-0.25, -0.2) is 9.97 Å². The van der Waals surface area contributed by atoms with Crippen LogP contribution < -0.4 is 10.6 Å². The number of nitrogens with zero attached hydrogens (tertiary/aromatic N) is 2. The quantitative estimate of drug-likeness (QED) is 0.628. The monoisotopic (exact) mass is 420 g/mol. The van der Waals surface area contributed by atoms with Crippen LogP contribution in [0.2, 0.25) is 0 Å². The average molecular weight is 421 g/mol. The van der Waals surface area contributed by atoms with Crippen LogP contribution in [-0.2, 0) is 4.79 Å². The van der Waals surface area contributed by atoms with Crippen LogP contribution in [0.4, 0.5) is 0 Å². The van der Waals surface area contributed by atoms with Gasteiger partial charge in [0.15, 0.2) is 0 Å². The van der Waals surface area contributed by atoms with Crippen molar-refractivity contribution in [3.05, 3.63) is 70.9 Å². The molecule has 1 fully saturated rings. The Hall–Kier alpha value is -3.06. The zero-order valence-corrected chi connectivity index (χ0v) is 17.4. The van der Waals surface area contributed by atoms with Crippen LogP contribution in [0.5, 0.6) is 0 Å². The van der Waals surface area contributed by atoms with Gasteiger partial charge < -0.3 is 10.6 Å². The highest BCUT2D eigenvalue weighted by molar-refractivity contribution is 7.10. The highest BCUT2D eigenvalue weighted by atomic mass is 32.1. The Labute approximate surface area is 179 Å². The molecule has 1 aliphatic carbocycles. The molecule has 2 aromatic heterocycles. The molecule has 3 aromatic rings. The fourth-order valence-corrected chi connectivity index (χ4v) is 4.53. The molecule has 4 rings (SSSR count). The lowest BCUT2D eigenvalue weighted by Gasteiger charge is -2.25. The second-order valence-electron chi connectivity index (χ2n) is 7.47. The molecule has 154 valence electrons. The van der Waals surface area contributed by atoms with E-state index in [9.17, 15) is 9.59 Å².